The highest BCUT2D eigenvalue weighted by Crippen LogP contribution is 2.30. The van der Waals surface area contributed by atoms with Gasteiger partial charge in [0.05, 0.1) is 6.04 Å². The maximum Gasteiger partial charge on any atom is 0.241 e. The molecular weight excluding hydrogens is 380 g/mol. The molecule has 3 aliphatic rings. The van der Waals surface area contributed by atoms with Gasteiger partial charge in [0.15, 0.2) is 0 Å². The normalized spacial score (nSPS) is 27.8. The highest BCUT2D eigenvalue weighted by atomic mass is 32.1. The average Bonchev–Trinajstić information content (AvgIpc) is 3.42. The number of hydrogen-bond acceptors (Lipinski definition) is 5. The molecule has 2 fully saturated rings. The lowest BCUT2D eigenvalue weighted by molar-refractivity contribution is -0.135. The summed E-state index contributed by atoms with van der Waals surface area (Å²) >= 11 is 1.81. The number of nitrogens with zero attached hydrogens (tertiary/aromatic N) is 2. The Kier molecular flexibility index (Phi) is 5.43. The molecule has 2 aromatic rings. The monoisotopic (exact) mass is 410 g/mol. The Labute approximate surface area is 177 Å². The molecule has 2 saturated heterocycles. The first-order valence-electron chi connectivity index (χ1n) is 10.8. The predicted octanol–water partition coefficient (Wildman–Crippen LogP) is 3.01. The van der Waals surface area contributed by atoms with E-state index >= 15 is 0 Å². The number of benzene rings is 1. The Bertz CT molecular complexity index is 881. The molecule has 1 amide bonds. The molecule has 3 unspecified atom stereocenters. The number of hydrogen-bond donors (Lipinski definition) is 2. The lowest BCUT2D eigenvalue weighted by Gasteiger charge is -2.42. The van der Waals surface area contributed by atoms with Gasteiger partial charge in [0.25, 0.3) is 0 Å². The topological polar surface area (TPSA) is 47.6 Å². The van der Waals surface area contributed by atoms with Crippen LogP contribution in [0.15, 0.2) is 36.4 Å². The van der Waals surface area contributed by atoms with Crippen LogP contribution in [0.2, 0.25) is 0 Å². The molecule has 3 atom stereocenters. The second kappa shape index (κ2) is 8.19. The molecule has 5 rings (SSSR count). The number of carbonyl (C=O) groups is 1. The molecule has 0 saturated carbocycles. The van der Waals surface area contributed by atoms with Crippen molar-refractivity contribution in [2.24, 2.45) is 0 Å². The van der Waals surface area contributed by atoms with Crippen LogP contribution in [0.3, 0.4) is 0 Å². The van der Waals surface area contributed by atoms with E-state index in [2.05, 4.69) is 64.0 Å². The summed E-state index contributed by atoms with van der Waals surface area (Å²) in [5.74, 6) is 0.260. The summed E-state index contributed by atoms with van der Waals surface area (Å²) in [6, 6.07) is 13.7. The van der Waals surface area contributed by atoms with Crippen molar-refractivity contribution in [2.75, 3.05) is 19.6 Å². The van der Waals surface area contributed by atoms with E-state index < -0.39 is 0 Å². The van der Waals surface area contributed by atoms with Crippen molar-refractivity contribution >= 4 is 17.2 Å². The van der Waals surface area contributed by atoms with Crippen LogP contribution in [0, 0.1) is 6.92 Å². The van der Waals surface area contributed by atoms with Crippen LogP contribution in [-0.2, 0) is 17.8 Å². The van der Waals surface area contributed by atoms with Crippen molar-refractivity contribution in [3.63, 3.8) is 0 Å². The molecule has 5 nitrogen and oxygen atoms in total. The van der Waals surface area contributed by atoms with Gasteiger partial charge in [0, 0.05) is 42.0 Å². The summed E-state index contributed by atoms with van der Waals surface area (Å²) < 4.78 is 0. The van der Waals surface area contributed by atoms with E-state index in [1.165, 1.54) is 27.3 Å². The van der Waals surface area contributed by atoms with Gasteiger partial charge in [0.1, 0.15) is 6.04 Å². The minimum atomic E-state index is -0.122. The highest BCUT2D eigenvalue weighted by Gasteiger charge is 2.36. The minimum Gasteiger partial charge on any atom is -0.340 e. The molecule has 6 heteroatoms. The molecule has 29 heavy (non-hydrogen) atoms. The number of likely N-dealkylation sites (tertiary alicyclic amines) is 1. The molecule has 1 aromatic heterocycles. The Morgan fingerprint density at radius 2 is 1.97 bits per heavy atom. The number of hydrazine groups is 1. The van der Waals surface area contributed by atoms with Gasteiger partial charge in [-0.1, -0.05) is 24.3 Å². The van der Waals surface area contributed by atoms with Gasteiger partial charge < -0.3 is 4.90 Å². The summed E-state index contributed by atoms with van der Waals surface area (Å²) in [7, 11) is 0. The maximum absolute atomic E-state index is 13.2. The molecular formula is C23H30N4OS. The molecule has 1 aromatic carbocycles. The van der Waals surface area contributed by atoms with Crippen molar-refractivity contribution in [1.29, 1.82) is 0 Å². The molecule has 0 spiro atoms. The van der Waals surface area contributed by atoms with Gasteiger partial charge in [-0.25, -0.2) is 10.9 Å². The van der Waals surface area contributed by atoms with Crippen LogP contribution < -0.4 is 10.9 Å². The fourth-order valence-corrected chi connectivity index (χ4v) is 5.99. The van der Waals surface area contributed by atoms with E-state index in [1.54, 1.807) is 0 Å². The Morgan fingerprint density at radius 1 is 1.10 bits per heavy atom. The van der Waals surface area contributed by atoms with Crippen LogP contribution >= 0.6 is 11.3 Å². The lowest BCUT2D eigenvalue weighted by atomic mass is 9.95. The number of rotatable bonds is 3. The number of carbonyl (C=O) groups excluding carboxylic acids is 1. The number of amides is 1. The van der Waals surface area contributed by atoms with Crippen LogP contribution in [0.1, 0.15) is 46.2 Å². The van der Waals surface area contributed by atoms with E-state index in [-0.39, 0.29) is 18.0 Å². The first-order valence-corrected chi connectivity index (χ1v) is 11.7. The lowest BCUT2D eigenvalue weighted by Crippen LogP contribution is -2.54. The average molecular weight is 411 g/mol. The minimum absolute atomic E-state index is 0.122. The molecule has 0 aliphatic carbocycles. The van der Waals surface area contributed by atoms with Gasteiger partial charge in [-0.15, -0.1) is 11.3 Å². The third-order valence-corrected chi connectivity index (χ3v) is 7.81. The van der Waals surface area contributed by atoms with Crippen molar-refractivity contribution in [3.8, 4) is 0 Å². The maximum atomic E-state index is 13.2. The van der Waals surface area contributed by atoms with Gasteiger partial charge in [0.2, 0.25) is 5.91 Å². The van der Waals surface area contributed by atoms with E-state index in [0.717, 1.165) is 45.4 Å². The first-order chi connectivity index (χ1) is 14.2. The van der Waals surface area contributed by atoms with Gasteiger partial charge >= 0.3 is 0 Å². The van der Waals surface area contributed by atoms with Crippen molar-refractivity contribution in [3.05, 3.63) is 57.3 Å². The van der Waals surface area contributed by atoms with Gasteiger partial charge in [-0.3, -0.25) is 9.69 Å². The van der Waals surface area contributed by atoms with E-state index in [0.29, 0.717) is 6.04 Å². The standard InChI is InChI=1S/C23H30N4OS/c1-16-8-9-22(29-16)20-13-21(25-24-20)23(28)27-11-4-7-19(15-27)26-12-10-17-5-2-3-6-18(17)14-26/h2-3,5-6,8-9,19-21,24-25H,4,7,10-15H2,1H3. The zero-order valence-corrected chi connectivity index (χ0v) is 17.9. The number of fused-ring (bicyclic) bond motifs is 1. The zero-order chi connectivity index (χ0) is 19.8. The molecule has 3 aliphatic heterocycles. The van der Waals surface area contributed by atoms with Gasteiger partial charge in [-0.2, -0.15) is 0 Å². The summed E-state index contributed by atoms with van der Waals surface area (Å²) in [5.41, 5.74) is 9.56. The van der Waals surface area contributed by atoms with E-state index in [4.69, 9.17) is 0 Å². The molecule has 0 bridgehead atoms. The summed E-state index contributed by atoms with van der Waals surface area (Å²) in [5, 5.41) is 0. The number of piperidine rings is 1. The third-order valence-electron chi connectivity index (χ3n) is 6.69. The highest BCUT2D eigenvalue weighted by molar-refractivity contribution is 7.12. The van der Waals surface area contributed by atoms with Crippen LogP contribution in [-0.4, -0.2) is 47.4 Å². The Morgan fingerprint density at radius 3 is 2.79 bits per heavy atom. The molecule has 154 valence electrons. The van der Waals surface area contributed by atoms with Gasteiger partial charge in [-0.05, 0) is 55.9 Å². The van der Waals surface area contributed by atoms with E-state index in [9.17, 15) is 4.79 Å². The zero-order valence-electron chi connectivity index (χ0n) is 17.1. The fraction of sp³-hybridized carbons (Fsp3) is 0.522. The van der Waals surface area contributed by atoms with Crippen LogP contribution in [0.25, 0.3) is 0 Å². The molecule has 4 heterocycles. The fourth-order valence-electron chi connectivity index (χ4n) is 5.05. The second-order valence-corrected chi connectivity index (χ2v) is 9.97. The van der Waals surface area contributed by atoms with Crippen molar-refractivity contribution < 1.29 is 4.79 Å². The smallest absolute Gasteiger partial charge is 0.241 e. The van der Waals surface area contributed by atoms with Crippen molar-refractivity contribution in [1.82, 2.24) is 20.7 Å². The largest absolute Gasteiger partial charge is 0.340 e. The Hall–Kier alpha value is -1.73. The summed E-state index contributed by atoms with van der Waals surface area (Å²) in [4.78, 5) is 20.6. The SMILES string of the molecule is Cc1ccc(C2CC(C(=O)N3CCCC(N4CCc5ccccc5C4)C3)NN2)s1. The second-order valence-electron chi connectivity index (χ2n) is 8.65. The van der Waals surface area contributed by atoms with Crippen LogP contribution in [0.5, 0.6) is 0 Å². The molecule has 2 N–H and O–H groups in total. The summed E-state index contributed by atoms with van der Waals surface area (Å²) in [6.07, 6.45) is 4.25. The first kappa shape index (κ1) is 19.2. The van der Waals surface area contributed by atoms with Crippen LogP contribution in [0.4, 0.5) is 0 Å². The summed E-state index contributed by atoms with van der Waals surface area (Å²) in [6.45, 7) is 6.01. The quantitative estimate of drug-likeness (QED) is 0.817. The molecule has 0 radical (unpaired) electrons. The Balaban J connectivity index is 1.20. The third kappa shape index (κ3) is 3.99. The number of thiophene rings is 1. The number of nitrogens with one attached hydrogen (secondary N) is 2. The number of aryl methyl sites for hydroxylation is 1. The predicted molar refractivity (Wildman–Crippen MR) is 117 cm³/mol. The van der Waals surface area contributed by atoms with E-state index in [1.807, 2.05) is 11.3 Å². The van der Waals surface area contributed by atoms with Crippen molar-refractivity contribution in [2.45, 2.75) is 57.3 Å².